The van der Waals surface area contributed by atoms with Gasteiger partial charge in [-0.15, -0.1) is 0 Å². The fourth-order valence-electron chi connectivity index (χ4n) is 0.606. The van der Waals surface area contributed by atoms with Gasteiger partial charge in [0.1, 0.15) is 0 Å². The number of hydrogen-bond donors (Lipinski definition) is 0. The average molecular weight is 228 g/mol. The molecule has 0 atom stereocenters. The van der Waals surface area contributed by atoms with E-state index in [1.54, 1.807) is 0 Å². The van der Waals surface area contributed by atoms with E-state index in [1.165, 1.54) is 8.47 Å². The van der Waals surface area contributed by atoms with E-state index in [-0.39, 0.29) is 29.6 Å². The third kappa shape index (κ3) is 2.79. The molecule has 0 saturated carbocycles. The summed E-state index contributed by atoms with van der Waals surface area (Å²) in [6, 6.07) is 0. The summed E-state index contributed by atoms with van der Waals surface area (Å²) in [4.78, 5) is 0. The summed E-state index contributed by atoms with van der Waals surface area (Å²) in [6.07, 6.45) is 0. The van der Waals surface area contributed by atoms with Crippen LogP contribution in [-0.2, 0) is 0 Å². The Morgan fingerprint density at radius 2 is 0.909 bits per heavy atom. The van der Waals surface area contributed by atoms with Gasteiger partial charge in [0.05, 0.1) is 8.47 Å². The third-order valence-corrected chi connectivity index (χ3v) is 5.76. The second-order valence-corrected chi connectivity index (χ2v) is 5.77. The zero-order chi connectivity index (χ0) is 6.81. The molecule has 2 heterocycles. The normalized spacial score (nSPS) is 21.1. The molecule has 0 radical (unpaired) electrons. The maximum atomic E-state index is 2.13. The Morgan fingerprint density at radius 1 is 0.636 bits per heavy atom. The van der Waals surface area contributed by atoms with Crippen molar-refractivity contribution in [1.82, 2.24) is 0 Å². The van der Waals surface area contributed by atoms with Crippen LogP contribution >= 0.6 is 47.0 Å². The summed E-state index contributed by atoms with van der Waals surface area (Å²) >= 11 is 7.28. The van der Waals surface area contributed by atoms with Crippen LogP contribution in [0.1, 0.15) is 0 Å². The molecule has 5 heteroatoms. The predicted molar refractivity (Wildman–Crippen MR) is 62.8 cm³/mol. The van der Waals surface area contributed by atoms with Crippen LogP contribution in [0.5, 0.6) is 0 Å². The van der Waals surface area contributed by atoms with Gasteiger partial charge in [-0.3, -0.25) is 0 Å². The van der Waals surface area contributed by atoms with E-state index in [9.17, 15) is 0 Å². The molecule has 0 fully saturated rings. The van der Waals surface area contributed by atoms with Gasteiger partial charge in [0.15, 0.2) is 0 Å². The van der Waals surface area contributed by atoms with Gasteiger partial charge in [0, 0.05) is 0 Å². The number of thioether (sulfide) groups is 4. The van der Waals surface area contributed by atoms with Crippen molar-refractivity contribution in [2.24, 2.45) is 0 Å². The van der Waals surface area contributed by atoms with Crippen LogP contribution in [0.4, 0.5) is 0 Å². The van der Waals surface area contributed by atoms with Gasteiger partial charge in [-0.25, -0.2) is 0 Å². The molecule has 0 aromatic carbocycles. The fraction of sp³-hybridized carbons (Fsp3) is 0. The molecule has 0 saturated heterocycles. The zero-order valence-corrected chi connectivity index (χ0v) is 8.21. The Bertz CT molecular complexity index is 187. The van der Waals surface area contributed by atoms with Gasteiger partial charge in [-0.1, -0.05) is 47.0 Å². The molecular weight excluding hydrogens is 223 g/mol. The first-order valence-electron chi connectivity index (χ1n) is 2.68. The quantitative estimate of drug-likeness (QED) is 0.583. The van der Waals surface area contributed by atoms with E-state index in [0.717, 1.165) is 0 Å². The van der Waals surface area contributed by atoms with E-state index in [0.29, 0.717) is 0 Å². The molecule has 0 aromatic heterocycles. The van der Waals surface area contributed by atoms with Crippen LogP contribution in [0, 0.1) is 0 Å². The standard InChI is InChI=1S/C6H4S4.Na.H/c1-2-8-5(7-1)6-9-3-4-10-6;;/h1-4H;;. The summed E-state index contributed by atoms with van der Waals surface area (Å²) in [5, 5.41) is 8.53. The first-order valence-corrected chi connectivity index (χ1v) is 6.19. The van der Waals surface area contributed by atoms with Crippen molar-refractivity contribution >= 4 is 76.6 Å². The van der Waals surface area contributed by atoms with Gasteiger partial charge in [0.2, 0.25) is 0 Å². The Morgan fingerprint density at radius 3 is 1.18 bits per heavy atom. The second-order valence-electron chi connectivity index (χ2n) is 1.59. The van der Waals surface area contributed by atoms with Crippen molar-refractivity contribution in [3.8, 4) is 0 Å². The van der Waals surface area contributed by atoms with Gasteiger partial charge in [-0.05, 0) is 21.6 Å². The Hall–Kier alpha value is 1.62. The van der Waals surface area contributed by atoms with Gasteiger partial charge in [-0.2, -0.15) is 0 Å². The van der Waals surface area contributed by atoms with Crippen molar-refractivity contribution in [3.05, 3.63) is 30.1 Å². The van der Waals surface area contributed by atoms with E-state index < -0.39 is 0 Å². The van der Waals surface area contributed by atoms with Crippen LogP contribution in [0.2, 0.25) is 0 Å². The van der Waals surface area contributed by atoms with Crippen molar-refractivity contribution in [1.29, 1.82) is 0 Å². The van der Waals surface area contributed by atoms with Crippen molar-refractivity contribution in [2.45, 2.75) is 0 Å². The molecule has 0 bridgehead atoms. The van der Waals surface area contributed by atoms with Crippen LogP contribution < -0.4 is 0 Å². The number of hydrogen-bond acceptors (Lipinski definition) is 4. The van der Waals surface area contributed by atoms with E-state index in [1.807, 2.05) is 47.0 Å². The molecule has 0 spiro atoms. The minimum atomic E-state index is 0. The maximum absolute atomic E-state index is 2.13. The molecule has 0 unspecified atom stereocenters. The molecule has 11 heavy (non-hydrogen) atoms. The molecule has 54 valence electrons. The monoisotopic (exact) mass is 228 g/mol. The first-order chi connectivity index (χ1) is 4.97. The Balaban J connectivity index is 0.000000605. The van der Waals surface area contributed by atoms with Gasteiger partial charge < -0.3 is 0 Å². The fourth-order valence-corrected chi connectivity index (χ4v) is 4.64. The topological polar surface area (TPSA) is 0 Å². The minimum absolute atomic E-state index is 0. The molecule has 2 aliphatic rings. The first kappa shape index (κ1) is 10.7. The second kappa shape index (κ2) is 5.37. The van der Waals surface area contributed by atoms with Crippen molar-refractivity contribution in [2.75, 3.05) is 0 Å². The summed E-state index contributed by atoms with van der Waals surface area (Å²) < 4.78 is 2.86. The summed E-state index contributed by atoms with van der Waals surface area (Å²) in [6.45, 7) is 0. The Labute approximate surface area is 105 Å². The average Bonchev–Trinajstić information content (AvgIpc) is 2.59. The number of rotatable bonds is 0. The summed E-state index contributed by atoms with van der Waals surface area (Å²) in [5.74, 6) is 0. The van der Waals surface area contributed by atoms with Crippen molar-refractivity contribution in [3.63, 3.8) is 0 Å². The molecule has 0 N–H and O–H groups in total. The van der Waals surface area contributed by atoms with Gasteiger partial charge in [0.25, 0.3) is 0 Å². The van der Waals surface area contributed by atoms with Gasteiger partial charge >= 0.3 is 29.6 Å². The van der Waals surface area contributed by atoms with Crippen LogP contribution in [-0.4, -0.2) is 29.6 Å². The predicted octanol–water partition coefficient (Wildman–Crippen LogP) is 3.37. The van der Waals surface area contributed by atoms with E-state index in [4.69, 9.17) is 0 Å². The summed E-state index contributed by atoms with van der Waals surface area (Å²) in [7, 11) is 0. The zero-order valence-electron chi connectivity index (χ0n) is 4.94. The van der Waals surface area contributed by atoms with Crippen LogP contribution in [0.3, 0.4) is 0 Å². The van der Waals surface area contributed by atoms with E-state index >= 15 is 0 Å². The molecular formula is C6H5NaS4. The molecule has 0 aliphatic carbocycles. The molecule has 0 amide bonds. The molecule has 0 aromatic rings. The summed E-state index contributed by atoms with van der Waals surface area (Å²) in [5.41, 5.74) is 0. The molecule has 2 rings (SSSR count). The van der Waals surface area contributed by atoms with Crippen LogP contribution in [0.25, 0.3) is 0 Å². The van der Waals surface area contributed by atoms with Crippen LogP contribution in [0.15, 0.2) is 30.1 Å². The van der Waals surface area contributed by atoms with Crippen molar-refractivity contribution < 1.29 is 0 Å². The molecule has 0 nitrogen and oxygen atoms in total. The third-order valence-electron chi connectivity index (χ3n) is 0.978. The Kier molecular flexibility index (Phi) is 5.22. The van der Waals surface area contributed by atoms with E-state index in [2.05, 4.69) is 21.6 Å². The SMILES string of the molecule is C1=CSC(=C2SC=CS2)S1.[NaH]. The molecule has 2 aliphatic heterocycles.